The zero-order valence-electron chi connectivity index (χ0n) is 13.3. The van der Waals surface area contributed by atoms with Crippen LogP contribution in [0.1, 0.15) is 69.9 Å². The summed E-state index contributed by atoms with van der Waals surface area (Å²) in [6.07, 6.45) is 12.1. The lowest BCUT2D eigenvalue weighted by Crippen LogP contribution is -2.40. The first-order valence-electron chi connectivity index (χ1n) is 8.62. The SMILES string of the molecule is CCCCCCCC(C)NC1CCc2ccccc2C1. The number of benzene rings is 1. The van der Waals surface area contributed by atoms with Gasteiger partial charge in [-0.15, -0.1) is 0 Å². The summed E-state index contributed by atoms with van der Waals surface area (Å²) in [6.45, 7) is 4.64. The summed E-state index contributed by atoms with van der Waals surface area (Å²) in [5, 5.41) is 3.85. The van der Waals surface area contributed by atoms with Gasteiger partial charge in [-0.05, 0) is 43.7 Å². The van der Waals surface area contributed by atoms with Crippen LogP contribution in [0.25, 0.3) is 0 Å². The Morgan fingerprint density at radius 1 is 1.10 bits per heavy atom. The minimum absolute atomic E-state index is 0.673. The Hall–Kier alpha value is -0.820. The van der Waals surface area contributed by atoms with Crippen molar-refractivity contribution in [3.63, 3.8) is 0 Å². The third-order valence-corrected chi connectivity index (χ3v) is 4.61. The number of rotatable bonds is 8. The maximum Gasteiger partial charge on any atom is 0.0113 e. The minimum Gasteiger partial charge on any atom is -0.311 e. The molecule has 0 heterocycles. The van der Waals surface area contributed by atoms with Crippen LogP contribution < -0.4 is 5.32 Å². The monoisotopic (exact) mass is 273 g/mol. The zero-order chi connectivity index (χ0) is 14.2. The van der Waals surface area contributed by atoms with Crippen LogP contribution in [-0.2, 0) is 12.8 Å². The molecule has 0 saturated carbocycles. The van der Waals surface area contributed by atoms with Gasteiger partial charge in [-0.1, -0.05) is 63.3 Å². The van der Waals surface area contributed by atoms with Crippen LogP contribution in [0.2, 0.25) is 0 Å². The molecule has 1 aromatic carbocycles. The maximum absolute atomic E-state index is 3.85. The first-order valence-corrected chi connectivity index (χ1v) is 8.62. The lowest BCUT2D eigenvalue weighted by Gasteiger charge is -2.28. The highest BCUT2D eigenvalue weighted by atomic mass is 14.9. The minimum atomic E-state index is 0.673. The largest absolute Gasteiger partial charge is 0.311 e. The van der Waals surface area contributed by atoms with Gasteiger partial charge in [0.05, 0.1) is 0 Å². The molecule has 1 nitrogen and oxygen atoms in total. The number of fused-ring (bicyclic) bond motifs is 1. The number of nitrogens with one attached hydrogen (secondary N) is 1. The van der Waals surface area contributed by atoms with E-state index in [0.29, 0.717) is 12.1 Å². The fraction of sp³-hybridized carbons (Fsp3) is 0.684. The summed E-state index contributed by atoms with van der Waals surface area (Å²) in [5.41, 5.74) is 3.13. The van der Waals surface area contributed by atoms with Gasteiger partial charge in [0.2, 0.25) is 0 Å². The van der Waals surface area contributed by atoms with Crippen LogP contribution in [0.3, 0.4) is 0 Å². The van der Waals surface area contributed by atoms with Crippen LogP contribution in [0.15, 0.2) is 24.3 Å². The summed E-state index contributed by atoms with van der Waals surface area (Å²) in [5.74, 6) is 0. The van der Waals surface area contributed by atoms with Crippen molar-refractivity contribution < 1.29 is 0 Å². The summed E-state index contributed by atoms with van der Waals surface area (Å²) in [4.78, 5) is 0. The average Bonchev–Trinajstić information content (AvgIpc) is 2.47. The van der Waals surface area contributed by atoms with Crippen LogP contribution in [0.5, 0.6) is 0 Å². The normalized spacial score (nSPS) is 19.6. The molecule has 0 aromatic heterocycles. The van der Waals surface area contributed by atoms with E-state index < -0.39 is 0 Å². The molecule has 1 aliphatic rings. The predicted molar refractivity (Wildman–Crippen MR) is 88.2 cm³/mol. The van der Waals surface area contributed by atoms with E-state index in [9.17, 15) is 0 Å². The smallest absolute Gasteiger partial charge is 0.0113 e. The molecule has 20 heavy (non-hydrogen) atoms. The number of hydrogen-bond acceptors (Lipinski definition) is 1. The second kappa shape index (κ2) is 8.46. The number of aryl methyl sites for hydroxylation is 1. The molecule has 112 valence electrons. The molecule has 0 saturated heterocycles. The average molecular weight is 273 g/mol. The Bertz CT molecular complexity index is 385. The second-order valence-electron chi connectivity index (χ2n) is 6.48. The predicted octanol–water partition coefficient (Wildman–Crippen LogP) is 4.88. The summed E-state index contributed by atoms with van der Waals surface area (Å²) in [7, 11) is 0. The van der Waals surface area contributed by atoms with Gasteiger partial charge in [0.15, 0.2) is 0 Å². The van der Waals surface area contributed by atoms with Crippen LogP contribution in [0.4, 0.5) is 0 Å². The van der Waals surface area contributed by atoms with Crippen molar-refractivity contribution in [2.45, 2.75) is 83.7 Å². The molecule has 0 fully saturated rings. The van der Waals surface area contributed by atoms with E-state index >= 15 is 0 Å². The third kappa shape index (κ3) is 4.94. The van der Waals surface area contributed by atoms with E-state index in [2.05, 4.69) is 43.4 Å². The van der Waals surface area contributed by atoms with Crippen LogP contribution in [-0.4, -0.2) is 12.1 Å². The van der Waals surface area contributed by atoms with Crippen molar-refractivity contribution in [1.29, 1.82) is 0 Å². The van der Waals surface area contributed by atoms with Gasteiger partial charge in [-0.25, -0.2) is 0 Å². The van der Waals surface area contributed by atoms with Gasteiger partial charge in [0.1, 0.15) is 0 Å². The highest BCUT2D eigenvalue weighted by Gasteiger charge is 2.19. The molecule has 1 N–H and O–H groups in total. The number of unbranched alkanes of at least 4 members (excludes halogenated alkanes) is 4. The first kappa shape index (κ1) is 15.6. The molecule has 2 unspecified atom stereocenters. The van der Waals surface area contributed by atoms with Crippen LogP contribution >= 0.6 is 0 Å². The van der Waals surface area contributed by atoms with Crippen LogP contribution in [0, 0.1) is 0 Å². The highest BCUT2D eigenvalue weighted by molar-refractivity contribution is 5.30. The standard InChI is InChI=1S/C19H31N/c1-3-4-5-6-7-10-16(2)20-19-14-13-17-11-8-9-12-18(17)15-19/h8-9,11-12,16,19-20H,3-7,10,13-15H2,1-2H3. The van der Waals surface area contributed by atoms with E-state index in [4.69, 9.17) is 0 Å². The van der Waals surface area contributed by atoms with Crippen molar-refractivity contribution in [2.75, 3.05) is 0 Å². The first-order chi connectivity index (χ1) is 9.79. The maximum atomic E-state index is 3.85. The van der Waals surface area contributed by atoms with E-state index in [1.165, 1.54) is 57.8 Å². The van der Waals surface area contributed by atoms with Gasteiger partial charge in [0.25, 0.3) is 0 Å². The Morgan fingerprint density at radius 2 is 1.85 bits per heavy atom. The Labute approximate surface area is 125 Å². The molecule has 1 heteroatoms. The summed E-state index contributed by atoms with van der Waals surface area (Å²) >= 11 is 0. The molecular formula is C19H31N. The molecule has 1 aliphatic carbocycles. The Morgan fingerprint density at radius 3 is 2.65 bits per heavy atom. The van der Waals surface area contributed by atoms with Crippen molar-refractivity contribution in [2.24, 2.45) is 0 Å². The molecule has 0 spiro atoms. The van der Waals surface area contributed by atoms with Gasteiger partial charge in [-0.2, -0.15) is 0 Å². The van der Waals surface area contributed by atoms with Crippen molar-refractivity contribution in [3.8, 4) is 0 Å². The molecule has 2 atom stereocenters. The third-order valence-electron chi connectivity index (χ3n) is 4.61. The molecule has 0 aliphatic heterocycles. The molecule has 0 amide bonds. The lowest BCUT2D eigenvalue weighted by molar-refractivity contribution is 0.384. The zero-order valence-corrected chi connectivity index (χ0v) is 13.3. The summed E-state index contributed by atoms with van der Waals surface area (Å²) < 4.78 is 0. The lowest BCUT2D eigenvalue weighted by atomic mass is 9.88. The number of hydrogen-bond donors (Lipinski definition) is 1. The fourth-order valence-corrected chi connectivity index (χ4v) is 3.38. The molecule has 2 rings (SSSR count). The molecular weight excluding hydrogens is 242 g/mol. The summed E-state index contributed by atoms with van der Waals surface area (Å²) in [6, 6.07) is 10.3. The molecule has 0 radical (unpaired) electrons. The molecule has 1 aromatic rings. The Balaban J connectivity index is 1.67. The van der Waals surface area contributed by atoms with Gasteiger partial charge >= 0.3 is 0 Å². The molecule has 0 bridgehead atoms. The second-order valence-corrected chi connectivity index (χ2v) is 6.48. The van der Waals surface area contributed by atoms with Crippen molar-refractivity contribution in [3.05, 3.63) is 35.4 Å². The van der Waals surface area contributed by atoms with E-state index in [1.54, 1.807) is 11.1 Å². The van der Waals surface area contributed by atoms with Crippen molar-refractivity contribution >= 4 is 0 Å². The van der Waals surface area contributed by atoms with E-state index in [-0.39, 0.29) is 0 Å². The fourth-order valence-electron chi connectivity index (χ4n) is 3.38. The quantitative estimate of drug-likeness (QED) is 0.665. The highest BCUT2D eigenvalue weighted by Crippen LogP contribution is 2.21. The van der Waals surface area contributed by atoms with Gasteiger partial charge < -0.3 is 5.32 Å². The Kier molecular flexibility index (Phi) is 6.59. The van der Waals surface area contributed by atoms with Gasteiger partial charge in [0, 0.05) is 12.1 Å². The van der Waals surface area contributed by atoms with E-state index in [0.717, 1.165) is 0 Å². The van der Waals surface area contributed by atoms with Crippen molar-refractivity contribution in [1.82, 2.24) is 5.32 Å². The topological polar surface area (TPSA) is 12.0 Å². The van der Waals surface area contributed by atoms with Gasteiger partial charge in [-0.3, -0.25) is 0 Å². The van der Waals surface area contributed by atoms with E-state index in [1.807, 2.05) is 0 Å².